The van der Waals surface area contributed by atoms with Crippen LogP contribution in [0.5, 0.6) is 5.75 Å². The first-order valence-electron chi connectivity index (χ1n) is 6.34. The molecule has 0 radical (unpaired) electrons. The summed E-state index contributed by atoms with van der Waals surface area (Å²) in [4.78, 5) is -0.0333. The van der Waals surface area contributed by atoms with Gasteiger partial charge in [0.15, 0.2) is 0 Å². The van der Waals surface area contributed by atoms with Crippen LogP contribution in [0.2, 0.25) is 5.02 Å². The molecule has 0 spiro atoms. The van der Waals surface area contributed by atoms with Crippen molar-refractivity contribution in [2.45, 2.75) is 25.3 Å². The van der Waals surface area contributed by atoms with Gasteiger partial charge in [0.25, 0.3) is 0 Å². The van der Waals surface area contributed by atoms with Gasteiger partial charge in [-0.25, -0.2) is 0 Å². The monoisotopic (exact) mass is 374 g/mol. The molecule has 0 saturated carbocycles. The van der Waals surface area contributed by atoms with Gasteiger partial charge in [0.1, 0.15) is 5.75 Å². The number of rotatable bonds is 4. The van der Waals surface area contributed by atoms with Gasteiger partial charge in [0, 0.05) is 5.02 Å². The Bertz CT molecular complexity index is 629. The van der Waals surface area contributed by atoms with E-state index in [0.717, 1.165) is 27.3 Å². The summed E-state index contributed by atoms with van der Waals surface area (Å²) < 4.78 is 28.6. The highest BCUT2D eigenvalue weighted by Gasteiger charge is 2.15. The molecule has 0 fully saturated rings. The molecule has 0 N–H and O–H groups in total. The van der Waals surface area contributed by atoms with Gasteiger partial charge in [-0.3, -0.25) is 0 Å². The van der Waals surface area contributed by atoms with Gasteiger partial charge in [-0.2, -0.15) is 8.78 Å². The van der Waals surface area contributed by atoms with Crippen molar-refractivity contribution < 1.29 is 13.5 Å². The Morgan fingerprint density at radius 2 is 1.67 bits per heavy atom. The molecule has 1 nitrogen and oxygen atoms in total. The highest BCUT2D eigenvalue weighted by molar-refractivity contribution is 9.09. The van der Waals surface area contributed by atoms with Crippen molar-refractivity contribution in [2.75, 3.05) is 0 Å². The molecule has 0 bridgehead atoms. The molecular formula is C16H14BrClF2O. The minimum atomic E-state index is -2.81. The fourth-order valence-corrected chi connectivity index (χ4v) is 3.09. The average Bonchev–Trinajstić information content (AvgIpc) is 2.42. The Morgan fingerprint density at radius 3 is 2.24 bits per heavy atom. The second-order valence-corrected chi connectivity index (χ2v) is 6.09. The summed E-state index contributed by atoms with van der Waals surface area (Å²) in [6, 6.07) is 10.6. The van der Waals surface area contributed by atoms with Gasteiger partial charge in [-0.1, -0.05) is 45.7 Å². The predicted octanol–water partition coefficient (Wildman–Crippen LogP) is 6.04. The molecule has 2 aromatic rings. The summed E-state index contributed by atoms with van der Waals surface area (Å²) in [7, 11) is 0. The zero-order chi connectivity index (χ0) is 15.6. The van der Waals surface area contributed by atoms with Crippen molar-refractivity contribution >= 4 is 27.5 Å². The van der Waals surface area contributed by atoms with E-state index in [-0.39, 0.29) is 10.6 Å². The third kappa shape index (κ3) is 3.95. The second-order valence-electron chi connectivity index (χ2n) is 4.77. The van der Waals surface area contributed by atoms with Gasteiger partial charge in [-0.05, 0) is 54.3 Å². The Morgan fingerprint density at radius 1 is 1.05 bits per heavy atom. The van der Waals surface area contributed by atoms with Crippen molar-refractivity contribution in [2.24, 2.45) is 0 Å². The number of ether oxygens (including phenoxy) is 1. The standard InChI is InChI=1S/C16H14BrClF2O/c1-9-8-14(18)10(2)7-13(9)15(17)11-3-5-12(6-4-11)21-16(19)20/h3-8,15-16H,1-2H3. The molecule has 0 heterocycles. The molecule has 1 atom stereocenters. The Kier molecular flexibility index (Phi) is 5.22. The number of benzene rings is 2. The molecule has 112 valence electrons. The van der Waals surface area contributed by atoms with Crippen molar-refractivity contribution in [3.63, 3.8) is 0 Å². The molecule has 0 amide bonds. The molecule has 1 unspecified atom stereocenters. The maximum absolute atomic E-state index is 12.1. The van der Waals surface area contributed by atoms with E-state index >= 15 is 0 Å². The minimum Gasteiger partial charge on any atom is -0.435 e. The van der Waals surface area contributed by atoms with Crippen molar-refractivity contribution in [1.29, 1.82) is 0 Å². The molecular weight excluding hydrogens is 362 g/mol. The number of alkyl halides is 3. The van der Waals surface area contributed by atoms with E-state index in [9.17, 15) is 8.78 Å². The second kappa shape index (κ2) is 6.75. The molecule has 0 aromatic heterocycles. The fraction of sp³-hybridized carbons (Fsp3) is 0.250. The predicted molar refractivity (Wildman–Crippen MR) is 84.8 cm³/mol. The largest absolute Gasteiger partial charge is 0.435 e. The van der Waals surface area contributed by atoms with Gasteiger partial charge in [-0.15, -0.1) is 0 Å². The SMILES string of the molecule is Cc1cc(C(Br)c2ccc(OC(F)F)cc2)c(C)cc1Cl. The van der Waals surface area contributed by atoms with Gasteiger partial charge in [0.2, 0.25) is 0 Å². The van der Waals surface area contributed by atoms with E-state index in [0.29, 0.717) is 0 Å². The maximum atomic E-state index is 12.1. The van der Waals surface area contributed by atoms with Crippen molar-refractivity contribution in [1.82, 2.24) is 0 Å². The lowest BCUT2D eigenvalue weighted by molar-refractivity contribution is -0.0498. The highest BCUT2D eigenvalue weighted by atomic mass is 79.9. The lowest BCUT2D eigenvalue weighted by Gasteiger charge is -2.16. The first kappa shape index (κ1) is 16.2. The minimum absolute atomic E-state index is 0.0333. The van der Waals surface area contributed by atoms with Gasteiger partial charge < -0.3 is 4.74 Å². The number of aryl methyl sites for hydroxylation is 2. The van der Waals surface area contributed by atoms with Crippen LogP contribution in [-0.2, 0) is 0 Å². The van der Waals surface area contributed by atoms with Crippen LogP contribution in [0, 0.1) is 13.8 Å². The van der Waals surface area contributed by atoms with Crippen LogP contribution < -0.4 is 4.74 Å². The maximum Gasteiger partial charge on any atom is 0.387 e. The lowest BCUT2D eigenvalue weighted by Crippen LogP contribution is -2.02. The van der Waals surface area contributed by atoms with E-state index in [1.54, 1.807) is 12.1 Å². The van der Waals surface area contributed by atoms with E-state index in [1.807, 2.05) is 26.0 Å². The fourth-order valence-electron chi connectivity index (χ4n) is 2.07. The van der Waals surface area contributed by atoms with Crippen molar-refractivity contribution in [3.8, 4) is 5.75 Å². The zero-order valence-electron chi connectivity index (χ0n) is 11.5. The normalized spacial score (nSPS) is 12.5. The number of halogens is 4. The van der Waals surface area contributed by atoms with Crippen molar-refractivity contribution in [3.05, 3.63) is 63.7 Å². The first-order chi connectivity index (χ1) is 9.88. The van der Waals surface area contributed by atoms with E-state index in [1.165, 1.54) is 12.1 Å². The van der Waals surface area contributed by atoms with Crippen LogP contribution in [0.1, 0.15) is 27.1 Å². The summed E-state index contributed by atoms with van der Waals surface area (Å²) in [6.45, 7) is 1.13. The molecule has 5 heteroatoms. The molecule has 2 aromatic carbocycles. The third-order valence-corrected chi connectivity index (χ3v) is 4.65. The van der Waals surface area contributed by atoms with Crippen LogP contribution in [0.15, 0.2) is 36.4 Å². The van der Waals surface area contributed by atoms with Crippen LogP contribution in [0.3, 0.4) is 0 Å². The van der Waals surface area contributed by atoms with Crippen LogP contribution in [0.4, 0.5) is 8.78 Å². The van der Waals surface area contributed by atoms with Gasteiger partial charge >= 0.3 is 6.61 Å². The Labute approximate surface area is 136 Å². The highest BCUT2D eigenvalue weighted by Crippen LogP contribution is 2.35. The Balaban J connectivity index is 2.27. The Hall–Kier alpha value is -1.13. The molecule has 0 saturated heterocycles. The molecule has 0 aliphatic carbocycles. The van der Waals surface area contributed by atoms with Crippen LogP contribution >= 0.6 is 27.5 Å². The van der Waals surface area contributed by atoms with E-state index < -0.39 is 6.61 Å². The molecule has 0 aliphatic rings. The van der Waals surface area contributed by atoms with Crippen LogP contribution in [0.25, 0.3) is 0 Å². The number of hydrogen-bond acceptors (Lipinski definition) is 1. The summed E-state index contributed by atoms with van der Waals surface area (Å²) >= 11 is 9.75. The topological polar surface area (TPSA) is 9.23 Å². The molecule has 0 aliphatic heterocycles. The summed E-state index contributed by atoms with van der Waals surface area (Å²) in [5.41, 5.74) is 4.13. The third-order valence-electron chi connectivity index (χ3n) is 3.22. The summed E-state index contributed by atoms with van der Waals surface area (Å²) in [6.07, 6.45) is 0. The quantitative estimate of drug-likeness (QED) is 0.592. The molecule has 21 heavy (non-hydrogen) atoms. The summed E-state index contributed by atoms with van der Waals surface area (Å²) in [5.74, 6) is 0.150. The number of hydrogen-bond donors (Lipinski definition) is 0. The first-order valence-corrected chi connectivity index (χ1v) is 7.63. The smallest absolute Gasteiger partial charge is 0.387 e. The van der Waals surface area contributed by atoms with Gasteiger partial charge in [0.05, 0.1) is 4.83 Å². The lowest BCUT2D eigenvalue weighted by atomic mass is 9.98. The average molecular weight is 376 g/mol. The summed E-state index contributed by atoms with van der Waals surface area (Å²) in [5, 5.41) is 0.733. The van der Waals surface area contributed by atoms with E-state index in [4.69, 9.17) is 11.6 Å². The zero-order valence-corrected chi connectivity index (χ0v) is 13.9. The van der Waals surface area contributed by atoms with E-state index in [2.05, 4.69) is 20.7 Å². The molecule has 2 rings (SSSR count). The van der Waals surface area contributed by atoms with Crippen LogP contribution in [-0.4, -0.2) is 6.61 Å².